The van der Waals surface area contributed by atoms with Crippen molar-refractivity contribution in [3.8, 4) is 5.75 Å². The van der Waals surface area contributed by atoms with Crippen LogP contribution >= 0.6 is 0 Å². The van der Waals surface area contributed by atoms with Crippen LogP contribution in [0.4, 0.5) is 5.69 Å². The van der Waals surface area contributed by atoms with E-state index in [-0.39, 0.29) is 18.2 Å². The Kier molecular flexibility index (Phi) is 4.02. The van der Waals surface area contributed by atoms with Crippen molar-refractivity contribution in [1.82, 2.24) is 0 Å². The molecule has 6 heteroatoms. The molecular formula is C14H16N2O4. The molecule has 6 nitrogen and oxygen atoms in total. The second kappa shape index (κ2) is 5.73. The van der Waals surface area contributed by atoms with Gasteiger partial charge in [-0.15, -0.1) is 0 Å². The molecule has 1 aromatic carbocycles. The van der Waals surface area contributed by atoms with Crippen molar-refractivity contribution in [3.05, 3.63) is 23.8 Å². The molecule has 0 saturated carbocycles. The number of carbonyl (C=O) groups is 2. The van der Waals surface area contributed by atoms with E-state index in [2.05, 4.69) is 5.32 Å². The third-order valence-corrected chi connectivity index (χ3v) is 3.18. The molecule has 0 bridgehead atoms. The molecule has 1 heterocycles. The molecule has 0 aliphatic carbocycles. The highest BCUT2D eigenvalue weighted by Gasteiger charge is 2.34. The Morgan fingerprint density at radius 3 is 2.85 bits per heavy atom. The number of esters is 1. The predicted molar refractivity (Wildman–Crippen MR) is 73.3 cm³/mol. The van der Waals surface area contributed by atoms with Crippen LogP contribution in [0.15, 0.2) is 18.2 Å². The maximum absolute atomic E-state index is 11.6. The quantitative estimate of drug-likeness (QED) is 0.819. The van der Waals surface area contributed by atoms with Crippen molar-refractivity contribution in [2.75, 3.05) is 19.0 Å². The fraction of sp³-hybridized carbons (Fsp3) is 0.357. The lowest BCUT2D eigenvalue weighted by molar-refractivity contribution is -0.132. The zero-order valence-corrected chi connectivity index (χ0v) is 11.4. The van der Waals surface area contributed by atoms with Crippen molar-refractivity contribution in [2.24, 2.45) is 0 Å². The summed E-state index contributed by atoms with van der Waals surface area (Å²) in [7, 11) is 1.53. The van der Waals surface area contributed by atoms with Crippen LogP contribution in [0.1, 0.15) is 24.8 Å². The number of anilines is 1. The van der Waals surface area contributed by atoms with Crippen LogP contribution in [0.3, 0.4) is 0 Å². The molecule has 1 aliphatic heterocycles. The Hall–Kier alpha value is -2.37. The van der Waals surface area contributed by atoms with E-state index in [1.165, 1.54) is 7.11 Å². The number of hydrogen-bond donors (Lipinski definition) is 2. The maximum atomic E-state index is 11.6. The lowest BCUT2D eigenvalue weighted by Gasteiger charge is -2.15. The number of benzene rings is 1. The maximum Gasteiger partial charge on any atom is 0.352 e. The van der Waals surface area contributed by atoms with Crippen molar-refractivity contribution in [2.45, 2.75) is 19.3 Å². The van der Waals surface area contributed by atoms with E-state index in [0.717, 1.165) is 0 Å². The van der Waals surface area contributed by atoms with Crippen LogP contribution in [-0.2, 0) is 14.3 Å². The summed E-state index contributed by atoms with van der Waals surface area (Å²) in [5.74, 6) is -0.634. The molecule has 0 spiro atoms. The molecule has 1 fully saturated rings. The number of carbonyl (C=O) groups excluding carboxylic acids is 2. The van der Waals surface area contributed by atoms with Crippen LogP contribution in [0, 0.1) is 5.41 Å². The second-order valence-corrected chi connectivity index (χ2v) is 4.42. The fourth-order valence-corrected chi connectivity index (χ4v) is 2.02. The van der Waals surface area contributed by atoms with Gasteiger partial charge in [0.15, 0.2) is 0 Å². The highest BCUT2D eigenvalue weighted by molar-refractivity contribution is 6.39. The standard InChI is InChI=1S/C14H16N2O4/c1-3-12(17)16-11-5-4-8(19-2)6-9(11)10-7-20-14(18)13(10)15/h4-6,10,15H,3,7H2,1-2H3,(H,16,17). The molecule has 0 radical (unpaired) electrons. The van der Waals surface area contributed by atoms with E-state index < -0.39 is 11.9 Å². The van der Waals surface area contributed by atoms with Crippen LogP contribution in [-0.4, -0.2) is 31.3 Å². The first kappa shape index (κ1) is 14.0. The molecule has 1 aromatic rings. The lowest BCUT2D eigenvalue weighted by Crippen LogP contribution is -2.17. The summed E-state index contributed by atoms with van der Waals surface area (Å²) in [5, 5.41) is 10.5. The molecular weight excluding hydrogens is 260 g/mol. The van der Waals surface area contributed by atoms with E-state index >= 15 is 0 Å². The number of nitrogens with one attached hydrogen (secondary N) is 2. The summed E-state index contributed by atoms with van der Waals surface area (Å²) in [6.07, 6.45) is 0.350. The van der Waals surface area contributed by atoms with E-state index in [0.29, 0.717) is 23.4 Å². The third-order valence-electron chi connectivity index (χ3n) is 3.18. The van der Waals surface area contributed by atoms with E-state index in [1.54, 1.807) is 25.1 Å². The number of hydrogen-bond acceptors (Lipinski definition) is 5. The number of rotatable bonds is 4. The molecule has 2 rings (SSSR count). The molecule has 1 atom stereocenters. The number of ether oxygens (including phenoxy) is 2. The number of cyclic esters (lactones) is 1. The highest BCUT2D eigenvalue weighted by atomic mass is 16.5. The Labute approximate surface area is 116 Å². The molecule has 1 amide bonds. The van der Waals surface area contributed by atoms with Crippen LogP contribution in [0.25, 0.3) is 0 Å². The molecule has 2 N–H and O–H groups in total. The van der Waals surface area contributed by atoms with Crippen molar-refractivity contribution >= 4 is 23.3 Å². The van der Waals surface area contributed by atoms with Gasteiger partial charge in [-0.25, -0.2) is 4.79 Å². The zero-order valence-electron chi connectivity index (χ0n) is 11.4. The second-order valence-electron chi connectivity index (χ2n) is 4.42. The topological polar surface area (TPSA) is 88.5 Å². The largest absolute Gasteiger partial charge is 0.497 e. The van der Waals surface area contributed by atoms with Gasteiger partial charge < -0.3 is 14.8 Å². The average molecular weight is 276 g/mol. The summed E-state index contributed by atoms with van der Waals surface area (Å²) < 4.78 is 10.0. The predicted octanol–water partition coefficient (Wildman–Crippen LogP) is 1.70. The van der Waals surface area contributed by atoms with Crippen LogP contribution < -0.4 is 10.1 Å². The van der Waals surface area contributed by atoms with Gasteiger partial charge in [0.25, 0.3) is 0 Å². The lowest BCUT2D eigenvalue weighted by atomic mass is 9.94. The Morgan fingerprint density at radius 2 is 2.30 bits per heavy atom. The smallest absolute Gasteiger partial charge is 0.352 e. The Bertz CT molecular complexity index is 568. The summed E-state index contributed by atoms with van der Waals surface area (Å²) in [5.41, 5.74) is 1.12. The van der Waals surface area contributed by atoms with Gasteiger partial charge in [0.2, 0.25) is 5.91 Å². The average Bonchev–Trinajstić information content (AvgIpc) is 2.79. The van der Waals surface area contributed by atoms with Crippen LogP contribution in [0.2, 0.25) is 0 Å². The van der Waals surface area contributed by atoms with Crippen LogP contribution in [0.5, 0.6) is 5.75 Å². The third kappa shape index (κ3) is 2.64. The fourth-order valence-electron chi connectivity index (χ4n) is 2.02. The summed E-state index contributed by atoms with van der Waals surface area (Å²) in [4.78, 5) is 22.9. The first-order chi connectivity index (χ1) is 9.56. The SMILES string of the molecule is CCC(=O)Nc1ccc(OC)cc1C1COC(=O)C1=N. The van der Waals surface area contributed by atoms with Gasteiger partial charge in [0.05, 0.1) is 13.0 Å². The zero-order chi connectivity index (χ0) is 14.7. The summed E-state index contributed by atoms with van der Waals surface area (Å²) in [6, 6.07) is 5.14. The van der Waals surface area contributed by atoms with Gasteiger partial charge in [0.1, 0.15) is 18.1 Å². The van der Waals surface area contributed by atoms with E-state index in [9.17, 15) is 9.59 Å². The Morgan fingerprint density at radius 1 is 1.55 bits per heavy atom. The minimum Gasteiger partial charge on any atom is -0.497 e. The van der Waals surface area contributed by atoms with Gasteiger partial charge in [-0.3, -0.25) is 10.2 Å². The molecule has 1 aliphatic rings. The van der Waals surface area contributed by atoms with E-state index in [4.69, 9.17) is 14.9 Å². The van der Waals surface area contributed by atoms with Crippen molar-refractivity contribution < 1.29 is 19.1 Å². The highest BCUT2D eigenvalue weighted by Crippen LogP contribution is 2.32. The monoisotopic (exact) mass is 276 g/mol. The minimum absolute atomic E-state index is 0.106. The van der Waals surface area contributed by atoms with Crippen molar-refractivity contribution in [1.29, 1.82) is 5.41 Å². The first-order valence-electron chi connectivity index (χ1n) is 6.30. The van der Waals surface area contributed by atoms with Gasteiger partial charge in [-0.1, -0.05) is 6.92 Å². The van der Waals surface area contributed by atoms with Gasteiger partial charge in [-0.05, 0) is 23.8 Å². The minimum atomic E-state index is -0.620. The Balaban J connectivity index is 2.39. The van der Waals surface area contributed by atoms with Gasteiger partial charge in [0, 0.05) is 12.1 Å². The molecule has 20 heavy (non-hydrogen) atoms. The molecule has 1 saturated heterocycles. The summed E-state index contributed by atoms with van der Waals surface area (Å²) in [6.45, 7) is 1.86. The van der Waals surface area contributed by atoms with E-state index in [1.807, 2.05) is 0 Å². The van der Waals surface area contributed by atoms with Gasteiger partial charge >= 0.3 is 5.97 Å². The molecule has 106 valence electrons. The van der Waals surface area contributed by atoms with Crippen molar-refractivity contribution in [3.63, 3.8) is 0 Å². The number of amides is 1. The molecule has 0 aromatic heterocycles. The normalized spacial score (nSPS) is 17.8. The first-order valence-corrected chi connectivity index (χ1v) is 6.30. The summed E-state index contributed by atoms with van der Waals surface area (Å²) >= 11 is 0. The molecule has 1 unspecified atom stereocenters. The van der Waals surface area contributed by atoms with Gasteiger partial charge in [-0.2, -0.15) is 0 Å². The number of methoxy groups -OCH3 is 1.